The SMILES string of the molecule is C[C@H]1C[C@@H](N)CN(c2ccncc2NC(=O)c2csc(-c3c(F)cccc3F)n2)C1. The fraction of sp³-hybridized carbons (Fsp3) is 0.286. The number of hydrogen-bond acceptors (Lipinski definition) is 6. The summed E-state index contributed by atoms with van der Waals surface area (Å²) < 4.78 is 28.0. The molecule has 0 spiro atoms. The molecular formula is C21H21F2N5OS. The number of carbonyl (C=O) groups is 1. The lowest BCUT2D eigenvalue weighted by molar-refractivity contribution is 0.102. The van der Waals surface area contributed by atoms with Crippen LogP contribution >= 0.6 is 11.3 Å². The van der Waals surface area contributed by atoms with Crippen LogP contribution in [0.25, 0.3) is 10.6 Å². The number of nitrogens with one attached hydrogen (secondary N) is 1. The third kappa shape index (κ3) is 4.17. The van der Waals surface area contributed by atoms with Crippen LogP contribution in [0, 0.1) is 17.6 Å². The highest BCUT2D eigenvalue weighted by Gasteiger charge is 2.25. The minimum Gasteiger partial charge on any atom is -0.368 e. The standard InChI is InChI=1S/C21H21F2N5OS/c1-12-7-13(24)10-28(9-12)18-5-6-25-8-16(18)26-20(29)17-11-30-21(27-17)19-14(22)3-2-4-15(19)23/h2-6,8,11-13H,7,9-10,24H2,1H3,(H,26,29)/t12-,13+/m0/s1. The number of nitrogens with two attached hydrogens (primary N) is 1. The minimum absolute atomic E-state index is 0.0576. The maximum Gasteiger partial charge on any atom is 0.275 e. The van der Waals surface area contributed by atoms with Crippen molar-refractivity contribution in [1.82, 2.24) is 9.97 Å². The molecule has 3 heterocycles. The molecule has 3 aromatic rings. The highest BCUT2D eigenvalue weighted by atomic mass is 32.1. The van der Waals surface area contributed by atoms with Crippen molar-refractivity contribution in [3.8, 4) is 10.6 Å². The quantitative estimate of drug-likeness (QED) is 0.657. The van der Waals surface area contributed by atoms with Gasteiger partial charge in [-0.1, -0.05) is 13.0 Å². The largest absolute Gasteiger partial charge is 0.368 e. The van der Waals surface area contributed by atoms with E-state index in [-0.39, 0.29) is 22.3 Å². The molecule has 0 aliphatic carbocycles. The first-order chi connectivity index (χ1) is 14.4. The highest BCUT2D eigenvalue weighted by molar-refractivity contribution is 7.13. The lowest BCUT2D eigenvalue weighted by atomic mass is 9.96. The third-order valence-electron chi connectivity index (χ3n) is 4.99. The Bertz CT molecular complexity index is 1040. The molecule has 9 heteroatoms. The summed E-state index contributed by atoms with van der Waals surface area (Å²) in [5, 5.41) is 4.41. The van der Waals surface area contributed by atoms with Gasteiger partial charge in [-0.2, -0.15) is 0 Å². The average molecular weight is 429 g/mol. The number of nitrogens with zero attached hydrogens (tertiary/aromatic N) is 3. The topological polar surface area (TPSA) is 84.1 Å². The van der Waals surface area contributed by atoms with Crippen LogP contribution in [0.5, 0.6) is 0 Å². The van der Waals surface area contributed by atoms with Crippen molar-refractivity contribution in [1.29, 1.82) is 0 Å². The normalized spacial score (nSPS) is 19.0. The fourth-order valence-electron chi connectivity index (χ4n) is 3.74. The molecule has 1 amide bonds. The van der Waals surface area contributed by atoms with Gasteiger partial charge < -0.3 is 16.0 Å². The molecular weight excluding hydrogens is 408 g/mol. The Hall–Kier alpha value is -2.91. The number of anilines is 2. The molecule has 1 aromatic carbocycles. The Morgan fingerprint density at radius 1 is 1.27 bits per heavy atom. The second-order valence-electron chi connectivity index (χ2n) is 7.49. The van der Waals surface area contributed by atoms with E-state index in [2.05, 4.69) is 27.1 Å². The van der Waals surface area contributed by atoms with Crippen LogP contribution in [-0.2, 0) is 0 Å². The number of piperidine rings is 1. The first-order valence-corrected chi connectivity index (χ1v) is 10.5. The number of rotatable bonds is 4. The minimum atomic E-state index is -0.721. The second-order valence-corrected chi connectivity index (χ2v) is 8.35. The molecule has 1 aliphatic rings. The molecule has 3 N–H and O–H groups in total. The predicted molar refractivity (Wildman–Crippen MR) is 114 cm³/mol. The summed E-state index contributed by atoms with van der Waals surface area (Å²) in [4.78, 5) is 23.2. The number of carbonyl (C=O) groups excluding carboxylic acids is 1. The molecule has 1 saturated heterocycles. The summed E-state index contributed by atoms with van der Waals surface area (Å²) in [6.07, 6.45) is 4.19. The summed E-state index contributed by atoms with van der Waals surface area (Å²) in [7, 11) is 0. The molecule has 30 heavy (non-hydrogen) atoms. The van der Waals surface area contributed by atoms with E-state index >= 15 is 0 Å². The zero-order valence-corrected chi connectivity index (χ0v) is 17.1. The van der Waals surface area contributed by atoms with Gasteiger partial charge in [0.05, 0.1) is 23.1 Å². The Morgan fingerprint density at radius 2 is 2.03 bits per heavy atom. The van der Waals surface area contributed by atoms with Gasteiger partial charge in [0.15, 0.2) is 0 Å². The number of amides is 1. The zero-order chi connectivity index (χ0) is 21.3. The number of halogens is 2. The van der Waals surface area contributed by atoms with Crippen molar-refractivity contribution in [3.63, 3.8) is 0 Å². The Kier molecular flexibility index (Phi) is 5.74. The van der Waals surface area contributed by atoms with E-state index in [1.807, 2.05) is 6.07 Å². The van der Waals surface area contributed by atoms with Crippen LogP contribution in [0.15, 0.2) is 42.0 Å². The van der Waals surface area contributed by atoms with Gasteiger partial charge in [0.1, 0.15) is 22.3 Å². The van der Waals surface area contributed by atoms with Gasteiger partial charge in [-0.25, -0.2) is 13.8 Å². The summed E-state index contributed by atoms with van der Waals surface area (Å²) in [6.45, 7) is 3.66. The van der Waals surface area contributed by atoms with Gasteiger partial charge >= 0.3 is 0 Å². The van der Waals surface area contributed by atoms with Gasteiger partial charge in [-0.3, -0.25) is 9.78 Å². The number of benzene rings is 1. The van der Waals surface area contributed by atoms with Gasteiger partial charge in [0.2, 0.25) is 0 Å². The summed E-state index contributed by atoms with van der Waals surface area (Å²) in [5.74, 6) is -1.48. The lowest BCUT2D eigenvalue weighted by Gasteiger charge is -2.37. The van der Waals surface area contributed by atoms with Crippen LogP contribution in [0.4, 0.5) is 20.2 Å². The molecule has 1 fully saturated rings. The monoisotopic (exact) mass is 429 g/mol. The fourth-order valence-corrected chi connectivity index (χ4v) is 4.58. The van der Waals surface area contributed by atoms with Crippen LogP contribution in [-0.4, -0.2) is 35.0 Å². The first-order valence-electron chi connectivity index (χ1n) is 9.58. The number of thiazole rings is 1. The van der Waals surface area contributed by atoms with Crippen molar-refractivity contribution < 1.29 is 13.6 Å². The maximum absolute atomic E-state index is 14.0. The summed E-state index contributed by atoms with van der Waals surface area (Å²) in [5.41, 5.74) is 7.37. The molecule has 156 valence electrons. The summed E-state index contributed by atoms with van der Waals surface area (Å²) in [6, 6.07) is 5.49. The molecule has 6 nitrogen and oxygen atoms in total. The van der Waals surface area contributed by atoms with Gasteiger partial charge in [0.25, 0.3) is 5.91 Å². The molecule has 2 atom stereocenters. The molecule has 4 rings (SSSR count). The molecule has 1 aliphatic heterocycles. The van der Waals surface area contributed by atoms with Crippen LogP contribution in [0.1, 0.15) is 23.8 Å². The molecule has 0 saturated carbocycles. The maximum atomic E-state index is 14.0. The van der Waals surface area contributed by atoms with Crippen molar-refractivity contribution in [2.24, 2.45) is 11.7 Å². The predicted octanol–water partition coefficient (Wildman–Crippen LogP) is 3.91. The number of pyridine rings is 1. The Labute approximate surface area is 176 Å². The molecule has 0 unspecified atom stereocenters. The van der Waals surface area contributed by atoms with Crippen molar-refractivity contribution in [3.05, 3.63) is 59.4 Å². The van der Waals surface area contributed by atoms with E-state index in [1.165, 1.54) is 11.4 Å². The first kappa shape index (κ1) is 20.4. The van der Waals surface area contributed by atoms with Crippen molar-refractivity contribution in [2.75, 3.05) is 23.3 Å². The van der Waals surface area contributed by atoms with Crippen LogP contribution < -0.4 is 16.0 Å². The average Bonchev–Trinajstić information content (AvgIpc) is 3.17. The van der Waals surface area contributed by atoms with E-state index in [1.54, 1.807) is 12.4 Å². The van der Waals surface area contributed by atoms with Crippen molar-refractivity contribution in [2.45, 2.75) is 19.4 Å². The van der Waals surface area contributed by atoms with E-state index in [0.717, 1.165) is 42.1 Å². The third-order valence-corrected chi connectivity index (χ3v) is 5.85. The number of aromatic nitrogens is 2. The second kappa shape index (κ2) is 8.45. The summed E-state index contributed by atoms with van der Waals surface area (Å²) >= 11 is 1.01. The van der Waals surface area contributed by atoms with Gasteiger partial charge in [-0.05, 0) is 30.5 Å². The molecule has 0 bridgehead atoms. The van der Waals surface area contributed by atoms with Crippen LogP contribution in [0.2, 0.25) is 0 Å². The number of hydrogen-bond donors (Lipinski definition) is 2. The smallest absolute Gasteiger partial charge is 0.275 e. The van der Waals surface area contributed by atoms with E-state index in [4.69, 9.17) is 5.73 Å². The van der Waals surface area contributed by atoms with Crippen LogP contribution in [0.3, 0.4) is 0 Å². The van der Waals surface area contributed by atoms with Crippen molar-refractivity contribution >= 4 is 28.6 Å². The van der Waals surface area contributed by atoms with E-state index in [9.17, 15) is 13.6 Å². The van der Waals surface area contributed by atoms with E-state index in [0.29, 0.717) is 18.2 Å². The lowest BCUT2D eigenvalue weighted by Crippen LogP contribution is -2.46. The van der Waals surface area contributed by atoms with Gasteiger partial charge in [0, 0.05) is 30.7 Å². The Balaban J connectivity index is 1.57. The highest BCUT2D eigenvalue weighted by Crippen LogP contribution is 2.31. The zero-order valence-electron chi connectivity index (χ0n) is 16.3. The molecule has 2 aromatic heterocycles. The van der Waals surface area contributed by atoms with Gasteiger partial charge in [-0.15, -0.1) is 11.3 Å². The Morgan fingerprint density at radius 3 is 2.77 bits per heavy atom. The van der Waals surface area contributed by atoms with E-state index < -0.39 is 17.5 Å². The molecule has 0 radical (unpaired) electrons.